The minimum absolute atomic E-state index is 0.121. The second-order valence-electron chi connectivity index (χ2n) is 9.84. The van der Waals surface area contributed by atoms with E-state index < -0.39 is 23.8 Å². The highest BCUT2D eigenvalue weighted by Crippen LogP contribution is 2.55. The van der Waals surface area contributed by atoms with Crippen LogP contribution in [-0.2, 0) is 19.1 Å². The third-order valence-corrected chi connectivity index (χ3v) is 7.37. The molecule has 0 unspecified atom stereocenters. The smallest absolute Gasteiger partial charge is 0.454 e. The first-order valence-corrected chi connectivity index (χ1v) is 11.1. The van der Waals surface area contributed by atoms with E-state index in [1.54, 1.807) is 4.90 Å². The number of piperidine rings is 1. The number of nitrogens with one attached hydrogen (secondary N) is 1. The van der Waals surface area contributed by atoms with Gasteiger partial charge in [0.1, 0.15) is 0 Å². The third kappa shape index (κ3) is 5.23. The highest BCUT2D eigenvalue weighted by Gasteiger charge is 2.51. The van der Waals surface area contributed by atoms with Crippen LogP contribution in [0.25, 0.3) is 0 Å². The molecule has 5 aliphatic rings. The van der Waals surface area contributed by atoms with Crippen molar-refractivity contribution in [1.29, 1.82) is 0 Å². The summed E-state index contributed by atoms with van der Waals surface area (Å²) in [6.07, 6.45) is 4.48. The Morgan fingerprint density at radius 3 is 2.06 bits per heavy atom. The molecule has 5 fully saturated rings. The summed E-state index contributed by atoms with van der Waals surface area (Å²) in [5.41, 5.74) is -0.121. The van der Waals surface area contributed by atoms with Gasteiger partial charge in [-0.2, -0.15) is 13.2 Å². The van der Waals surface area contributed by atoms with E-state index in [0.29, 0.717) is 49.8 Å². The predicted molar refractivity (Wildman–Crippen MR) is 105 cm³/mol. The normalized spacial score (nSPS) is 33.0. The number of ketones is 1. The van der Waals surface area contributed by atoms with E-state index >= 15 is 0 Å². The molecule has 1 amide bonds. The van der Waals surface area contributed by atoms with Gasteiger partial charge in [-0.1, -0.05) is 0 Å². The van der Waals surface area contributed by atoms with Gasteiger partial charge in [0, 0.05) is 30.9 Å². The molecule has 4 saturated carbocycles. The van der Waals surface area contributed by atoms with Crippen LogP contribution in [0.5, 0.6) is 0 Å². The van der Waals surface area contributed by atoms with Gasteiger partial charge in [-0.05, 0) is 69.1 Å². The molecule has 1 heterocycles. The number of ether oxygens (including phenoxy) is 1. The molecule has 4 aliphatic carbocycles. The fourth-order valence-corrected chi connectivity index (χ4v) is 6.40. The van der Waals surface area contributed by atoms with Gasteiger partial charge in [0.05, 0.1) is 5.92 Å². The molecule has 9 heteroatoms. The highest BCUT2D eigenvalue weighted by molar-refractivity contribution is 5.94. The van der Waals surface area contributed by atoms with Crippen molar-refractivity contribution in [3.63, 3.8) is 0 Å². The van der Waals surface area contributed by atoms with E-state index in [9.17, 15) is 27.6 Å². The fraction of sp³-hybridized carbons (Fsp3) is 0.773. The summed E-state index contributed by atoms with van der Waals surface area (Å²) in [5.74, 6) is -0.870. The van der Waals surface area contributed by atoms with Crippen LogP contribution < -0.4 is 5.32 Å². The monoisotopic (exact) mass is 442 g/mol. The van der Waals surface area contributed by atoms with Crippen LogP contribution in [0.3, 0.4) is 0 Å². The second kappa shape index (κ2) is 8.47. The summed E-state index contributed by atoms with van der Waals surface area (Å²) in [4.78, 5) is 37.3. The average Bonchev–Trinajstić information content (AvgIpc) is 2.68. The number of carbonyl (C=O) groups excluding carboxylic acids is 3. The van der Waals surface area contributed by atoms with Gasteiger partial charge in [-0.25, -0.2) is 0 Å². The van der Waals surface area contributed by atoms with Crippen molar-refractivity contribution in [2.45, 2.75) is 63.1 Å². The number of allylic oxidation sites excluding steroid dienone is 1. The quantitative estimate of drug-likeness (QED) is 0.506. The number of carbonyl (C=O) groups is 3. The lowest BCUT2D eigenvalue weighted by molar-refractivity contribution is -0.165. The van der Waals surface area contributed by atoms with Crippen molar-refractivity contribution < 1.29 is 32.3 Å². The Kier molecular flexibility index (Phi) is 6.05. The van der Waals surface area contributed by atoms with Crippen molar-refractivity contribution in [1.82, 2.24) is 10.2 Å². The van der Waals surface area contributed by atoms with Crippen LogP contribution in [0.2, 0.25) is 0 Å². The molecule has 172 valence electrons. The summed E-state index contributed by atoms with van der Waals surface area (Å²) in [6, 6.07) is 0. The number of halogens is 3. The highest BCUT2D eigenvalue weighted by atomic mass is 19.4. The fourth-order valence-electron chi connectivity index (χ4n) is 6.40. The first kappa shape index (κ1) is 22.1. The molecule has 1 saturated heterocycles. The second-order valence-corrected chi connectivity index (χ2v) is 9.84. The van der Waals surface area contributed by atoms with Gasteiger partial charge in [0.2, 0.25) is 0 Å². The largest absolute Gasteiger partial charge is 0.455 e. The molecular formula is C22H29F3N2O4. The number of likely N-dealkylation sites (tertiary alicyclic amines) is 1. The minimum atomic E-state index is -4.88. The van der Waals surface area contributed by atoms with Gasteiger partial charge in [-0.3, -0.25) is 14.4 Å². The number of nitrogens with zero attached hydrogens (tertiary/aromatic N) is 1. The minimum Gasteiger partial charge on any atom is -0.455 e. The van der Waals surface area contributed by atoms with Crippen LogP contribution in [0.15, 0.2) is 12.3 Å². The zero-order chi connectivity index (χ0) is 22.2. The number of esters is 1. The van der Waals surface area contributed by atoms with E-state index in [0.717, 1.165) is 25.5 Å². The molecule has 1 N–H and O–H groups in total. The lowest BCUT2D eigenvalue weighted by Gasteiger charge is -2.56. The zero-order valence-electron chi connectivity index (χ0n) is 17.5. The molecule has 0 aromatic heterocycles. The summed E-state index contributed by atoms with van der Waals surface area (Å²) < 4.78 is 42.0. The van der Waals surface area contributed by atoms with E-state index in [2.05, 4.69) is 5.32 Å². The maximum atomic E-state index is 12.5. The lowest BCUT2D eigenvalue weighted by Crippen LogP contribution is -2.60. The summed E-state index contributed by atoms with van der Waals surface area (Å²) in [7, 11) is 0. The van der Waals surface area contributed by atoms with E-state index in [4.69, 9.17) is 4.74 Å². The van der Waals surface area contributed by atoms with Crippen LogP contribution in [0.4, 0.5) is 13.2 Å². The summed E-state index contributed by atoms with van der Waals surface area (Å²) in [5, 5.41) is 3.17. The van der Waals surface area contributed by atoms with Crippen LogP contribution in [0, 0.1) is 23.7 Å². The van der Waals surface area contributed by atoms with Crippen molar-refractivity contribution >= 4 is 17.7 Å². The summed E-state index contributed by atoms with van der Waals surface area (Å²) >= 11 is 0. The first-order valence-electron chi connectivity index (χ1n) is 11.1. The number of hydrogen-bond acceptors (Lipinski definition) is 5. The van der Waals surface area contributed by atoms with Gasteiger partial charge in [-0.15, -0.1) is 0 Å². The van der Waals surface area contributed by atoms with Crippen molar-refractivity contribution in [2.24, 2.45) is 23.7 Å². The first-order chi connectivity index (χ1) is 14.6. The molecule has 0 radical (unpaired) electrons. The predicted octanol–water partition coefficient (Wildman–Crippen LogP) is 2.97. The van der Waals surface area contributed by atoms with Gasteiger partial charge in [0.15, 0.2) is 6.61 Å². The molecule has 0 atom stereocenters. The van der Waals surface area contributed by atoms with Crippen LogP contribution in [-0.4, -0.2) is 54.0 Å². The number of alkyl halides is 3. The Morgan fingerprint density at radius 2 is 1.55 bits per heavy atom. The van der Waals surface area contributed by atoms with Crippen molar-refractivity contribution in [3.05, 3.63) is 12.3 Å². The lowest BCUT2D eigenvalue weighted by atomic mass is 9.53. The average molecular weight is 442 g/mol. The van der Waals surface area contributed by atoms with Crippen LogP contribution in [0.1, 0.15) is 51.4 Å². The Hall–Kier alpha value is -2.06. The SMILES string of the molecule is O=C(COC(=O)C1CCN(/C=C/C(=O)C(F)(F)F)CC1)NC12CC3CC(CC(C3)C1)C2. The zero-order valence-corrected chi connectivity index (χ0v) is 17.5. The number of rotatable bonds is 6. The standard InChI is InChI=1S/C22H29F3N2O4/c23-22(24,25)18(28)3-6-27-4-1-17(2-5-27)20(30)31-13-19(29)26-21-10-14-7-15(11-21)9-16(8-14)12-21/h3,6,14-17H,1-2,4-5,7-13H2,(H,26,29)/b6-3+. The van der Waals surface area contributed by atoms with Gasteiger partial charge >= 0.3 is 12.1 Å². The Bertz CT molecular complexity index is 721. The third-order valence-electron chi connectivity index (χ3n) is 7.37. The van der Waals surface area contributed by atoms with E-state index in [-0.39, 0.29) is 18.1 Å². The molecule has 0 aromatic carbocycles. The molecule has 6 nitrogen and oxygen atoms in total. The molecule has 0 spiro atoms. The Balaban J connectivity index is 1.18. The Morgan fingerprint density at radius 1 is 1.00 bits per heavy atom. The maximum Gasteiger partial charge on any atom is 0.454 e. The van der Waals surface area contributed by atoms with E-state index in [1.165, 1.54) is 19.3 Å². The molecule has 0 aromatic rings. The number of hydrogen-bond donors (Lipinski definition) is 1. The molecule has 5 rings (SSSR count). The molecular weight excluding hydrogens is 413 g/mol. The Labute approximate surface area is 179 Å². The maximum absolute atomic E-state index is 12.5. The van der Waals surface area contributed by atoms with Crippen molar-refractivity contribution in [2.75, 3.05) is 19.7 Å². The summed E-state index contributed by atoms with van der Waals surface area (Å²) in [6.45, 7) is 0.405. The van der Waals surface area contributed by atoms with Gasteiger partial charge in [0.25, 0.3) is 11.7 Å². The molecule has 31 heavy (non-hydrogen) atoms. The van der Waals surface area contributed by atoms with E-state index in [1.807, 2.05) is 0 Å². The van der Waals surface area contributed by atoms with Gasteiger partial charge < -0.3 is 15.0 Å². The van der Waals surface area contributed by atoms with Crippen molar-refractivity contribution in [3.8, 4) is 0 Å². The number of amides is 1. The molecule has 1 aliphatic heterocycles. The van der Waals surface area contributed by atoms with Crippen LogP contribution >= 0.6 is 0 Å². The topological polar surface area (TPSA) is 75.7 Å². The molecule has 4 bridgehead atoms.